The molecule has 0 fully saturated rings. The van der Waals surface area contributed by atoms with Gasteiger partial charge in [-0.3, -0.25) is 10.1 Å². The number of carbonyl (C=O) groups excluding carboxylic acids is 1. The number of dihydropyridines is 1. The number of nitrogens with zero attached hydrogens (tertiary/aromatic N) is 2. The van der Waals surface area contributed by atoms with Gasteiger partial charge in [0.15, 0.2) is 0 Å². The SMILES string of the molecule is CC1=C(C(=O)O)C(c2cccc([N+](=O)[O-])c2)C(C(=O)OCC(C)N(O)CCC(c2ccccc2)c2ccccc2)=C(C)N1. The van der Waals surface area contributed by atoms with E-state index in [1.165, 1.54) is 18.2 Å². The van der Waals surface area contributed by atoms with E-state index in [4.69, 9.17) is 4.74 Å². The summed E-state index contributed by atoms with van der Waals surface area (Å²) in [5.74, 6) is -3.09. The number of esters is 1. The molecule has 0 saturated carbocycles. The summed E-state index contributed by atoms with van der Waals surface area (Å²) in [5, 5.41) is 36.4. The molecule has 10 heteroatoms. The molecule has 0 amide bonds. The molecule has 0 aliphatic carbocycles. The maximum atomic E-state index is 13.5. The van der Waals surface area contributed by atoms with Crippen LogP contribution in [-0.2, 0) is 14.3 Å². The monoisotopic (exact) mass is 585 g/mol. The maximum Gasteiger partial charge on any atom is 0.336 e. The predicted octanol–water partition coefficient (Wildman–Crippen LogP) is 5.76. The minimum atomic E-state index is -1.26. The maximum absolute atomic E-state index is 13.5. The van der Waals surface area contributed by atoms with Gasteiger partial charge < -0.3 is 20.4 Å². The summed E-state index contributed by atoms with van der Waals surface area (Å²) in [5.41, 5.74) is 2.93. The summed E-state index contributed by atoms with van der Waals surface area (Å²) in [6.07, 6.45) is 0.609. The molecule has 4 rings (SSSR count). The molecule has 10 nitrogen and oxygen atoms in total. The first-order valence-corrected chi connectivity index (χ1v) is 14.0. The van der Waals surface area contributed by atoms with Crippen LogP contribution in [0.2, 0.25) is 0 Å². The molecule has 1 aliphatic heterocycles. The molecule has 2 atom stereocenters. The molecule has 0 aromatic heterocycles. The second-order valence-corrected chi connectivity index (χ2v) is 10.6. The molecule has 1 aliphatic rings. The van der Waals surface area contributed by atoms with Crippen LogP contribution in [0.3, 0.4) is 0 Å². The minimum absolute atomic E-state index is 0.0356. The topological polar surface area (TPSA) is 142 Å². The summed E-state index contributed by atoms with van der Waals surface area (Å²) in [6, 6.07) is 25.0. The van der Waals surface area contributed by atoms with Crippen molar-refractivity contribution in [1.29, 1.82) is 0 Å². The van der Waals surface area contributed by atoms with Gasteiger partial charge in [0.25, 0.3) is 5.69 Å². The summed E-state index contributed by atoms with van der Waals surface area (Å²) >= 11 is 0. The molecule has 1 heterocycles. The Morgan fingerprint density at radius 2 is 1.53 bits per heavy atom. The quantitative estimate of drug-likeness (QED) is 0.137. The number of non-ortho nitro benzene ring substituents is 1. The van der Waals surface area contributed by atoms with Gasteiger partial charge in [0.05, 0.1) is 28.0 Å². The summed E-state index contributed by atoms with van der Waals surface area (Å²) < 4.78 is 5.62. The number of allylic oxidation sites excluding steroid dienone is 2. The first-order chi connectivity index (χ1) is 20.6. The average molecular weight is 586 g/mol. The van der Waals surface area contributed by atoms with Gasteiger partial charge in [0.1, 0.15) is 6.61 Å². The van der Waals surface area contributed by atoms with Gasteiger partial charge in [-0.15, -0.1) is 0 Å². The number of carboxylic acid groups (broad SMARTS) is 1. The summed E-state index contributed by atoms with van der Waals surface area (Å²) in [6.45, 7) is 5.05. The Kier molecular flexibility index (Phi) is 10.1. The molecule has 0 bridgehead atoms. The smallest absolute Gasteiger partial charge is 0.336 e. The average Bonchev–Trinajstić information content (AvgIpc) is 3.00. The number of rotatable bonds is 12. The van der Waals surface area contributed by atoms with Crippen LogP contribution in [0.25, 0.3) is 0 Å². The van der Waals surface area contributed by atoms with E-state index in [0.717, 1.165) is 16.2 Å². The molecular formula is C33H35N3O7. The van der Waals surface area contributed by atoms with Crippen molar-refractivity contribution < 1.29 is 29.6 Å². The van der Waals surface area contributed by atoms with Crippen molar-refractivity contribution in [3.63, 3.8) is 0 Å². The van der Waals surface area contributed by atoms with Gasteiger partial charge in [-0.05, 0) is 43.9 Å². The number of carbonyl (C=O) groups is 2. The molecule has 3 aromatic rings. The largest absolute Gasteiger partial charge is 0.478 e. The number of aliphatic carboxylic acids is 1. The lowest BCUT2D eigenvalue weighted by molar-refractivity contribution is -0.384. The zero-order valence-corrected chi connectivity index (χ0v) is 24.3. The highest BCUT2D eigenvalue weighted by Crippen LogP contribution is 2.39. The van der Waals surface area contributed by atoms with E-state index in [1.54, 1.807) is 26.8 Å². The third-order valence-corrected chi connectivity index (χ3v) is 7.64. The molecule has 2 unspecified atom stereocenters. The van der Waals surface area contributed by atoms with E-state index in [-0.39, 0.29) is 34.9 Å². The Labute approximate surface area is 250 Å². The number of carboxylic acids is 1. The van der Waals surface area contributed by atoms with Crippen LogP contribution in [0, 0.1) is 10.1 Å². The lowest BCUT2D eigenvalue weighted by atomic mass is 9.80. The van der Waals surface area contributed by atoms with Crippen LogP contribution in [0.1, 0.15) is 55.7 Å². The van der Waals surface area contributed by atoms with Gasteiger partial charge in [-0.25, -0.2) is 9.59 Å². The molecular weight excluding hydrogens is 550 g/mol. The van der Waals surface area contributed by atoms with Gasteiger partial charge >= 0.3 is 11.9 Å². The van der Waals surface area contributed by atoms with Crippen molar-refractivity contribution in [3.05, 3.63) is 134 Å². The summed E-state index contributed by atoms with van der Waals surface area (Å²) in [4.78, 5) is 36.6. The number of nitro groups is 1. The third kappa shape index (κ3) is 7.35. The number of hydrogen-bond acceptors (Lipinski definition) is 8. The summed E-state index contributed by atoms with van der Waals surface area (Å²) in [7, 11) is 0. The number of nitro benzene ring substituents is 1. The zero-order valence-electron chi connectivity index (χ0n) is 24.3. The van der Waals surface area contributed by atoms with Gasteiger partial charge in [-0.1, -0.05) is 72.8 Å². The first kappa shape index (κ1) is 31.1. The van der Waals surface area contributed by atoms with E-state index >= 15 is 0 Å². The van der Waals surface area contributed by atoms with Crippen LogP contribution in [0.4, 0.5) is 5.69 Å². The molecule has 3 N–H and O–H groups in total. The molecule has 0 radical (unpaired) electrons. The van der Waals surface area contributed by atoms with Crippen molar-refractivity contribution in [2.75, 3.05) is 13.2 Å². The fraction of sp³-hybridized carbons (Fsp3) is 0.273. The Hall–Kier alpha value is -4.80. The van der Waals surface area contributed by atoms with Crippen molar-refractivity contribution in [2.45, 2.75) is 45.1 Å². The third-order valence-electron chi connectivity index (χ3n) is 7.64. The van der Waals surface area contributed by atoms with E-state index in [0.29, 0.717) is 24.4 Å². The number of hydroxylamine groups is 2. The van der Waals surface area contributed by atoms with Crippen molar-refractivity contribution in [2.24, 2.45) is 0 Å². The van der Waals surface area contributed by atoms with E-state index in [9.17, 15) is 30.0 Å². The Morgan fingerprint density at radius 3 is 2.09 bits per heavy atom. The Morgan fingerprint density at radius 1 is 0.953 bits per heavy atom. The highest BCUT2D eigenvalue weighted by atomic mass is 16.6. The second kappa shape index (κ2) is 13.9. The number of hydrogen-bond donors (Lipinski definition) is 3. The van der Waals surface area contributed by atoms with E-state index in [1.807, 2.05) is 36.4 Å². The zero-order chi connectivity index (χ0) is 31.1. The van der Waals surface area contributed by atoms with Crippen molar-refractivity contribution in [3.8, 4) is 0 Å². The number of ether oxygens (including phenoxy) is 1. The lowest BCUT2D eigenvalue weighted by Gasteiger charge is -2.30. The fourth-order valence-electron chi connectivity index (χ4n) is 5.44. The minimum Gasteiger partial charge on any atom is -0.478 e. The van der Waals surface area contributed by atoms with Crippen LogP contribution in [-0.4, -0.2) is 51.4 Å². The molecule has 0 saturated heterocycles. The van der Waals surface area contributed by atoms with Crippen LogP contribution in [0.5, 0.6) is 0 Å². The van der Waals surface area contributed by atoms with Crippen molar-refractivity contribution in [1.82, 2.24) is 10.4 Å². The van der Waals surface area contributed by atoms with E-state index in [2.05, 4.69) is 29.6 Å². The lowest BCUT2D eigenvalue weighted by Crippen LogP contribution is -2.37. The van der Waals surface area contributed by atoms with Crippen LogP contribution >= 0.6 is 0 Å². The molecule has 224 valence electrons. The van der Waals surface area contributed by atoms with Gasteiger partial charge in [-0.2, -0.15) is 5.06 Å². The standard InChI is InChI=1S/C33H35N3O7/c1-21(35(40)18-17-28(24-11-6-4-7-12-24)25-13-8-5-9-14-25)20-43-33(39)30-23(3)34-22(2)29(32(37)38)31(30)26-15-10-16-27(19-26)36(41)42/h4-16,19,21,28,31,34,40H,17-18,20H2,1-3H3,(H,37,38). The first-order valence-electron chi connectivity index (χ1n) is 14.0. The Balaban J connectivity index is 1.48. The second-order valence-electron chi connectivity index (χ2n) is 10.6. The molecule has 43 heavy (non-hydrogen) atoms. The van der Waals surface area contributed by atoms with Gasteiger partial charge in [0.2, 0.25) is 0 Å². The molecule has 3 aromatic carbocycles. The van der Waals surface area contributed by atoms with Gasteiger partial charge in [0, 0.05) is 36.0 Å². The highest BCUT2D eigenvalue weighted by Gasteiger charge is 2.38. The van der Waals surface area contributed by atoms with Crippen LogP contribution < -0.4 is 5.32 Å². The van der Waals surface area contributed by atoms with E-state index < -0.39 is 28.8 Å². The fourth-order valence-corrected chi connectivity index (χ4v) is 5.44. The highest BCUT2D eigenvalue weighted by molar-refractivity contribution is 5.99. The predicted molar refractivity (Wildman–Crippen MR) is 160 cm³/mol. The molecule has 0 spiro atoms. The van der Waals surface area contributed by atoms with Crippen LogP contribution in [0.15, 0.2) is 107 Å². The Bertz CT molecular complexity index is 1500. The normalized spacial score (nSPS) is 15.8. The number of benzene rings is 3. The number of nitrogens with one attached hydrogen (secondary N) is 1. The van der Waals surface area contributed by atoms with Crippen molar-refractivity contribution >= 4 is 17.6 Å².